The van der Waals surface area contributed by atoms with Crippen LogP contribution in [-0.2, 0) is 0 Å². The minimum atomic E-state index is 0.788. The van der Waals surface area contributed by atoms with E-state index in [0.29, 0.717) is 0 Å². The Hall–Kier alpha value is -1.63. The van der Waals surface area contributed by atoms with Crippen molar-refractivity contribution >= 4 is 17.1 Å². The van der Waals surface area contributed by atoms with E-state index in [9.17, 15) is 4.79 Å². The maximum absolute atomic E-state index is 10.9. The van der Waals surface area contributed by atoms with E-state index in [1.807, 2.05) is 13.0 Å². The molecule has 0 radical (unpaired) electrons. The van der Waals surface area contributed by atoms with E-state index in [0.717, 1.165) is 17.4 Å². The highest BCUT2D eigenvalue weighted by molar-refractivity contribution is 5.93. The summed E-state index contributed by atoms with van der Waals surface area (Å²) in [5.41, 5.74) is 4.36. The summed E-state index contributed by atoms with van der Waals surface area (Å²) in [5.74, 6) is 0. The van der Waals surface area contributed by atoms with Gasteiger partial charge in [0.2, 0.25) is 0 Å². The van der Waals surface area contributed by atoms with Crippen LogP contribution in [0.15, 0.2) is 24.3 Å². The fourth-order valence-electron chi connectivity index (χ4n) is 1.89. The van der Waals surface area contributed by atoms with Crippen molar-refractivity contribution in [2.45, 2.75) is 20.8 Å². The molecule has 2 rings (SSSR count). The molecule has 0 saturated heterocycles. The van der Waals surface area contributed by atoms with Gasteiger partial charge >= 0.3 is 0 Å². The second-order valence-electron chi connectivity index (χ2n) is 4.06. The molecule has 0 amide bonds. The fourth-order valence-corrected chi connectivity index (χ4v) is 1.89. The van der Waals surface area contributed by atoms with Gasteiger partial charge in [0.05, 0.1) is 0 Å². The van der Waals surface area contributed by atoms with Gasteiger partial charge in [-0.3, -0.25) is 4.79 Å². The van der Waals surface area contributed by atoms with E-state index in [1.54, 1.807) is 0 Å². The molecule has 0 aliphatic rings. The van der Waals surface area contributed by atoms with Crippen LogP contribution >= 0.6 is 0 Å². The standard InChI is InChI=1S/C14H14O/c1-9-4-5-12-6-10(2)13(8-15)7-14(12)11(9)3/h4-8H,1-3H3. The van der Waals surface area contributed by atoms with Crippen molar-refractivity contribution in [2.24, 2.45) is 0 Å². The molecular weight excluding hydrogens is 184 g/mol. The summed E-state index contributed by atoms with van der Waals surface area (Å²) in [6.07, 6.45) is 0.927. The van der Waals surface area contributed by atoms with E-state index in [1.165, 1.54) is 21.9 Å². The third-order valence-corrected chi connectivity index (χ3v) is 3.07. The zero-order chi connectivity index (χ0) is 11.0. The van der Waals surface area contributed by atoms with Crippen LogP contribution in [0.25, 0.3) is 10.8 Å². The molecule has 1 nitrogen and oxygen atoms in total. The predicted octanol–water partition coefficient (Wildman–Crippen LogP) is 3.58. The number of hydrogen-bond acceptors (Lipinski definition) is 1. The highest BCUT2D eigenvalue weighted by atomic mass is 16.1. The summed E-state index contributed by atoms with van der Waals surface area (Å²) in [6, 6.07) is 8.29. The molecule has 15 heavy (non-hydrogen) atoms. The van der Waals surface area contributed by atoms with Gasteiger partial charge in [0.15, 0.2) is 0 Å². The number of hydrogen-bond donors (Lipinski definition) is 0. The van der Waals surface area contributed by atoms with E-state index >= 15 is 0 Å². The maximum atomic E-state index is 10.9. The van der Waals surface area contributed by atoms with E-state index in [4.69, 9.17) is 0 Å². The lowest BCUT2D eigenvalue weighted by Gasteiger charge is -2.08. The van der Waals surface area contributed by atoms with Gasteiger partial charge in [-0.05, 0) is 54.3 Å². The highest BCUT2D eigenvalue weighted by Crippen LogP contribution is 2.24. The van der Waals surface area contributed by atoms with Gasteiger partial charge < -0.3 is 0 Å². The molecule has 0 spiro atoms. The lowest BCUT2D eigenvalue weighted by molar-refractivity contribution is 0.112. The topological polar surface area (TPSA) is 17.1 Å². The van der Waals surface area contributed by atoms with Crippen molar-refractivity contribution in [2.75, 3.05) is 0 Å². The minimum Gasteiger partial charge on any atom is -0.298 e. The Labute approximate surface area is 89.7 Å². The second-order valence-corrected chi connectivity index (χ2v) is 4.06. The van der Waals surface area contributed by atoms with Gasteiger partial charge in [-0.1, -0.05) is 18.2 Å². The Bertz CT molecular complexity index is 539. The zero-order valence-corrected chi connectivity index (χ0v) is 9.29. The molecule has 0 aliphatic carbocycles. The summed E-state index contributed by atoms with van der Waals surface area (Å²) in [6.45, 7) is 6.16. The van der Waals surface area contributed by atoms with Gasteiger partial charge in [-0.15, -0.1) is 0 Å². The van der Waals surface area contributed by atoms with Gasteiger partial charge in [-0.2, -0.15) is 0 Å². The second kappa shape index (κ2) is 3.50. The molecule has 2 aromatic carbocycles. The predicted molar refractivity (Wildman–Crippen MR) is 63.5 cm³/mol. The average Bonchev–Trinajstić information content (AvgIpc) is 2.23. The summed E-state index contributed by atoms with van der Waals surface area (Å²) < 4.78 is 0. The summed E-state index contributed by atoms with van der Waals surface area (Å²) in [5, 5.41) is 2.39. The molecule has 0 bridgehead atoms. The number of carbonyl (C=O) groups is 1. The number of fused-ring (bicyclic) bond motifs is 1. The van der Waals surface area contributed by atoms with Crippen LogP contribution in [0.5, 0.6) is 0 Å². The van der Waals surface area contributed by atoms with E-state index in [-0.39, 0.29) is 0 Å². The molecule has 0 N–H and O–H groups in total. The first-order valence-electron chi connectivity index (χ1n) is 5.09. The third kappa shape index (κ3) is 1.54. The average molecular weight is 198 g/mol. The number of carbonyl (C=O) groups excluding carboxylic acids is 1. The van der Waals surface area contributed by atoms with Crippen LogP contribution in [-0.4, -0.2) is 6.29 Å². The lowest BCUT2D eigenvalue weighted by atomic mass is 9.97. The zero-order valence-electron chi connectivity index (χ0n) is 9.29. The maximum Gasteiger partial charge on any atom is 0.150 e. The normalized spacial score (nSPS) is 10.6. The van der Waals surface area contributed by atoms with Crippen molar-refractivity contribution in [1.82, 2.24) is 0 Å². The first kappa shape index (κ1) is 9.91. The highest BCUT2D eigenvalue weighted by Gasteiger charge is 2.04. The molecule has 0 atom stereocenters. The van der Waals surface area contributed by atoms with Gasteiger partial charge in [0.25, 0.3) is 0 Å². The Morgan fingerprint density at radius 3 is 2.40 bits per heavy atom. The van der Waals surface area contributed by atoms with Crippen LogP contribution in [0.3, 0.4) is 0 Å². The van der Waals surface area contributed by atoms with E-state index < -0.39 is 0 Å². The first-order valence-corrected chi connectivity index (χ1v) is 5.09. The minimum absolute atomic E-state index is 0.788. The number of benzene rings is 2. The fraction of sp³-hybridized carbons (Fsp3) is 0.214. The Kier molecular flexibility index (Phi) is 2.31. The van der Waals surface area contributed by atoms with Crippen LogP contribution < -0.4 is 0 Å². The first-order chi connectivity index (χ1) is 7.13. The third-order valence-electron chi connectivity index (χ3n) is 3.07. The van der Waals surface area contributed by atoms with Crippen LogP contribution in [0.2, 0.25) is 0 Å². The van der Waals surface area contributed by atoms with Crippen LogP contribution in [0, 0.1) is 20.8 Å². The molecule has 0 unspecified atom stereocenters. The van der Waals surface area contributed by atoms with E-state index in [2.05, 4.69) is 32.0 Å². The molecule has 0 saturated carbocycles. The van der Waals surface area contributed by atoms with Crippen molar-refractivity contribution in [1.29, 1.82) is 0 Å². The van der Waals surface area contributed by atoms with Crippen molar-refractivity contribution in [3.63, 3.8) is 0 Å². The summed E-state index contributed by atoms with van der Waals surface area (Å²) in [7, 11) is 0. The molecule has 0 aliphatic heterocycles. The molecule has 2 aromatic rings. The smallest absolute Gasteiger partial charge is 0.150 e. The molecule has 76 valence electrons. The number of aldehydes is 1. The molecule has 0 aromatic heterocycles. The largest absolute Gasteiger partial charge is 0.298 e. The number of aryl methyl sites for hydroxylation is 3. The quantitative estimate of drug-likeness (QED) is 0.640. The summed E-state index contributed by atoms with van der Waals surface area (Å²) >= 11 is 0. The Morgan fingerprint density at radius 1 is 1.00 bits per heavy atom. The molecule has 0 heterocycles. The van der Waals surface area contributed by atoms with Gasteiger partial charge in [0.1, 0.15) is 6.29 Å². The van der Waals surface area contributed by atoms with Crippen molar-refractivity contribution in [3.8, 4) is 0 Å². The number of rotatable bonds is 1. The summed E-state index contributed by atoms with van der Waals surface area (Å²) in [4.78, 5) is 10.9. The van der Waals surface area contributed by atoms with Crippen LogP contribution in [0.1, 0.15) is 27.0 Å². The lowest BCUT2D eigenvalue weighted by Crippen LogP contribution is -1.90. The monoisotopic (exact) mass is 198 g/mol. The Balaban J connectivity index is 2.88. The Morgan fingerprint density at radius 2 is 1.73 bits per heavy atom. The van der Waals surface area contributed by atoms with Crippen molar-refractivity contribution < 1.29 is 4.79 Å². The molecular formula is C14H14O. The van der Waals surface area contributed by atoms with Gasteiger partial charge in [-0.25, -0.2) is 0 Å². The van der Waals surface area contributed by atoms with Crippen molar-refractivity contribution in [3.05, 3.63) is 46.5 Å². The van der Waals surface area contributed by atoms with Gasteiger partial charge in [0, 0.05) is 5.56 Å². The van der Waals surface area contributed by atoms with Crippen LogP contribution in [0.4, 0.5) is 0 Å². The molecule has 1 heteroatoms. The molecule has 0 fully saturated rings. The SMILES string of the molecule is Cc1cc2ccc(C)c(C)c2cc1C=O.